The molecule has 14 heteroatoms. The Labute approximate surface area is 239 Å². The van der Waals surface area contributed by atoms with E-state index in [2.05, 4.69) is 16.0 Å². The summed E-state index contributed by atoms with van der Waals surface area (Å²) < 4.78 is 38.4. The Morgan fingerprint density at radius 2 is 1.68 bits per heavy atom. The molecule has 4 rings (SSSR count). The highest BCUT2D eigenvalue weighted by Crippen LogP contribution is 2.31. The third kappa shape index (κ3) is 7.10. The lowest BCUT2D eigenvalue weighted by molar-refractivity contribution is -0.142. The van der Waals surface area contributed by atoms with Gasteiger partial charge in [0.15, 0.2) is 0 Å². The predicted molar refractivity (Wildman–Crippen MR) is 146 cm³/mol. The van der Waals surface area contributed by atoms with Crippen LogP contribution in [0.3, 0.4) is 0 Å². The van der Waals surface area contributed by atoms with Crippen LogP contribution in [0.2, 0.25) is 10.0 Å². The zero-order valence-electron chi connectivity index (χ0n) is 21.3. The first-order chi connectivity index (χ1) is 19.0. The Morgan fingerprint density at radius 1 is 0.975 bits per heavy atom. The molecule has 2 aromatic rings. The van der Waals surface area contributed by atoms with Gasteiger partial charge in [-0.25, -0.2) is 9.59 Å². The smallest absolute Gasteiger partial charge is 0.334 e. The normalized spacial score (nSPS) is 20.8. The van der Waals surface area contributed by atoms with Crippen LogP contribution in [-0.4, -0.2) is 65.5 Å². The number of amides is 5. The molecule has 5 N–H and O–H groups in total. The van der Waals surface area contributed by atoms with Gasteiger partial charge in [-0.2, -0.15) is 13.2 Å². The molecule has 0 aromatic heterocycles. The van der Waals surface area contributed by atoms with E-state index in [1.165, 1.54) is 23.1 Å². The molecule has 2 aromatic carbocycles. The maximum absolute atomic E-state index is 13.5. The number of alkyl halides is 3. The van der Waals surface area contributed by atoms with Crippen molar-refractivity contribution >= 4 is 52.5 Å². The van der Waals surface area contributed by atoms with E-state index in [1.54, 1.807) is 17.0 Å². The monoisotopic (exact) mass is 600 g/mol. The van der Waals surface area contributed by atoms with E-state index in [9.17, 15) is 27.6 Å². The van der Waals surface area contributed by atoms with Crippen LogP contribution in [-0.2, 0) is 11.0 Å². The molecule has 2 heterocycles. The third-order valence-corrected chi connectivity index (χ3v) is 7.67. The Balaban J connectivity index is 1.41. The topological polar surface area (TPSA) is 120 Å². The summed E-state index contributed by atoms with van der Waals surface area (Å²) in [6.07, 6.45) is -2.29. The van der Waals surface area contributed by atoms with Crippen LogP contribution in [0.1, 0.15) is 31.2 Å². The van der Waals surface area contributed by atoms with Crippen molar-refractivity contribution in [2.45, 2.75) is 50.0 Å². The quantitative estimate of drug-likeness (QED) is 0.329. The zero-order valence-corrected chi connectivity index (χ0v) is 22.8. The summed E-state index contributed by atoms with van der Waals surface area (Å²) in [7, 11) is 0. The van der Waals surface area contributed by atoms with Crippen LogP contribution >= 0.6 is 23.2 Å². The van der Waals surface area contributed by atoms with E-state index in [1.807, 2.05) is 0 Å². The average molecular weight is 601 g/mol. The van der Waals surface area contributed by atoms with Crippen molar-refractivity contribution in [1.82, 2.24) is 15.1 Å². The Bertz CT molecular complexity index is 1250. The highest BCUT2D eigenvalue weighted by atomic mass is 35.5. The van der Waals surface area contributed by atoms with E-state index in [-0.39, 0.29) is 35.7 Å². The lowest BCUT2D eigenvalue weighted by atomic mass is 10.0. The minimum absolute atomic E-state index is 0.197. The molecule has 2 saturated heterocycles. The van der Waals surface area contributed by atoms with Gasteiger partial charge >= 0.3 is 18.2 Å². The van der Waals surface area contributed by atoms with Gasteiger partial charge in [0.1, 0.15) is 6.04 Å². The number of benzene rings is 2. The molecule has 2 aliphatic heterocycles. The molecular weight excluding hydrogens is 572 g/mol. The number of urea groups is 2. The van der Waals surface area contributed by atoms with Gasteiger partial charge in [0.2, 0.25) is 5.91 Å². The van der Waals surface area contributed by atoms with Gasteiger partial charge in [0, 0.05) is 24.5 Å². The molecule has 0 radical (unpaired) electrons. The summed E-state index contributed by atoms with van der Waals surface area (Å²) in [4.78, 5) is 42.5. The van der Waals surface area contributed by atoms with Crippen LogP contribution in [0.25, 0.3) is 0 Å². The van der Waals surface area contributed by atoms with Gasteiger partial charge in [-0.05, 0) is 74.7 Å². The molecule has 216 valence electrons. The van der Waals surface area contributed by atoms with E-state index in [4.69, 9.17) is 28.9 Å². The highest BCUT2D eigenvalue weighted by molar-refractivity contribution is 6.42. The number of unbranched alkanes of at least 4 members (excludes halogenated alkanes) is 1. The molecule has 3 atom stereocenters. The SMILES string of the molecule is NCCCC[C@@H]1C(=O)N2C[C@H](NC(=O)Nc3ccc(C(F)(F)F)cc3)C[C@@H]2CN1C(=O)Nc1ccc(Cl)c(Cl)c1. The Kier molecular flexibility index (Phi) is 9.32. The summed E-state index contributed by atoms with van der Waals surface area (Å²) in [6, 6.07) is 6.29. The zero-order chi connectivity index (χ0) is 29.0. The third-order valence-electron chi connectivity index (χ3n) is 6.93. The molecule has 0 spiro atoms. The first kappa shape index (κ1) is 29.8. The standard InChI is InChI=1S/C26H29Cl2F3N6O3/c27-20-9-8-17(12-21(20)28)35-25(40)37-14-19-11-18(13-36(19)23(38)22(37)3-1-2-10-32)34-24(39)33-16-6-4-15(5-7-16)26(29,30)31/h4-9,12,18-19,22H,1-3,10-11,13-14,32H2,(H,35,40)(H2,33,34,39)/t18-,19-,22-/m1/s1. The van der Waals surface area contributed by atoms with E-state index in [0.717, 1.165) is 12.1 Å². The summed E-state index contributed by atoms with van der Waals surface area (Å²) in [5, 5.41) is 8.70. The molecule has 0 saturated carbocycles. The average Bonchev–Trinajstić information content (AvgIpc) is 3.29. The van der Waals surface area contributed by atoms with Crippen molar-refractivity contribution in [2.24, 2.45) is 5.73 Å². The number of piperazine rings is 1. The molecule has 2 aliphatic rings. The summed E-state index contributed by atoms with van der Waals surface area (Å²) in [6.45, 7) is 0.965. The van der Waals surface area contributed by atoms with E-state index in [0.29, 0.717) is 42.9 Å². The molecule has 2 fully saturated rings. The van der Waals surface area contributed by atoms with Crippen molar-refractivity contribution in [3.63, 3.8) is 0 Å². The second-order valence-corrected chi connectivity index (χ2v) is 10.6. The largest absolute Gasteiger partial charge is 0.416 e. The molecule has 0 bridgehead atoms. The van der Waals surface area contributed by atoms with Gasteiger partial charge in [-0.3, -0.25) is 4.79 Å². The van der Waals surface area contributed by atoms with Gasteiger partial charge < -0.3 is 31.5 Å². The van der Waals surface area contributed by atoms with Gasteiger partial charge in [0.05, 0.1) is 27.7 Å². The molecular formula is C26H29Cl2F3N6O3. The predicted octanol–water partition coefficient (Wildman–Crippen LogP) is 5.15. The number of fused-ring (bicyclic) bond motifs is 1. The lowest BCUT2D eigenvalue weighted by Gasteiger charge is -2.42. The van der Waals surface area contributed by atoms with Crippen molar-refractivity contribution < 1.29 is 27.6 Å². The number of nitrogens with two attached hydrogens (primary N) is 1. The van der Waals surface area contributed by atoms with Gasteiger partial charge in [0.25, 0.3) is 0 Å². The van der Waals surface area contributed by atoms with Crippen LogP contribution in [0.15, 0.2) is 42.5 Å². The fourth-order valence-corrected chi connectivity index (χ4v) is 5.29. The number of carbonyl (C=O) groups excluding carboxylic acids is 3. The van der Waals surface area contributed by atoms with Gasteiger partial charge in [-0.1, -0.05) is 23.2 Å². The summed E-state index contributed by atoms with van der Waals surface area (Å²) in [5.41, 5.74) is 5.43. The summed E-state index contributed by atoms with van der Waals surface area (Å²) in [5.74, 6) is -0.218. The Hall–Kier alpha value is -3.22. The second-order valence-electron chi connectivity index (χ2n) is 9.76. The minimum Gasteiger partial charge on any atom is -0.334 e. The Morgan fingerprint density at radius 3 is 2.33 bits per heavy atom. The minimum atomic E-state index is -4.48. The molecule has 5 amide bonds. The molecule has 0 unspecified atom stereocenters. The lowest BCUT2D eigenvalue weighted by Crippen LogP contribution is -2.62. The maximum atomic E-state index is 13.5. The number of nitrogens with zero attached hydrogens (tertiary/aromatic N) is 2. The molecule has 9 nitrogen and oxygen atoms in total. The van der Waals surface area contributed by atoms with Crippen LogP contribution < -0.4 is 21.7 Å². The number of rotatable bonds is 7. The fourth-order valence-electron chi connectivity index (χ4n) is 4.99. The maximum Gasteiger partial charge on any atom is 0.416 e. The highest BCUT2D eigenvalue weighted by Gasteiger charge is 2.47. The first-order valence-corrected chi connectivity index (χ1v) is 13.5. The van der Waals surface area contributed by atoms with Crippen molar-refractivity contribution in [3.8, 4) is 0 Å². The summed E-state index contributed by atoms with van der Waals surface area (Å²) >= 11 is 12.0. The van der Waals surface area contributed by atoms with Crippen LogP contribution in [0, 0.1) is 0 Å². The van der Waals surface area contributed by atoms with Crippen LogP contribution in [0.5, 0.6) is 0 Å². The number of hydrogen-bond donors (Lipinski definition) is 4. The van der Waals surface area contributed by atoms with Gasteiger partial charge in [-0.15, -0.1) is 0 Å². The number of nitrogens with one attached hydrogen (secondary N) is 3. The number of halogens is 5. The van der Waals surface area contributed by atoms with Crippen molar-refractivity contribution in [2.75, 3.05) is 30.3 Å². The van der Waals surface area contributed by atoms with E-state index >= 15 is 0 Å². The molecule has 0 aliphatic carbocycles. The van der Waals surface area contributed by atoms with Crippen molar-refractivity contribution in [3.05, 3.63) is 58.1 Å². The van der Waals surface area contributed by atoms with Crippen LogP contribution in [0.4, 0.5) is 34.1 Å². The number of carbonyl (C=O) groups is 3. The number of anilines is 2. The molecule has 40 heavy (non-hydrogen) atoms. The fraction of sp³-hybridized carbons (Fsp3) is 0.423. The first-order valence-electron chi connectivity index (χ1n) is 12.7. The van der Waals surface area contributed by atoms with Crippen molar-refractivity contribution in [1.29, 1.82) is 0 Å². The van der Waals surface area contributed by atoms with E-state index < -0.39 is 35.9 Å². The second kappa shape index (κ2) is 12.5. The number of hydrogen-bond acceptors (Lipinski definition) is 4.